The summed E-state index contributed by atoms with van der Waals surface area (Å²) in [7, 11) is 0. The van der Waals surface area contributed by atoms with Crippen molar-refractivity contribution in [3.8, 4) is 11.3 Å². The molecule has 1 aromatic carbocycles. The highest BCUT2D eigenvalue weighted by Crippen LogP contribution is 2.24. The number of nitrogens with zero attached hydrogens (tertiary/aromatic N) is 2. The lowest BCUT2D eigenvalue weighted by Gasteiger charge is -2.11. The molecule has 0 saturated heterocycles. The van der Waals surface area contributed by atoms with Gasteiger partial charge in [-0.05, 0) is 18.9 Å². The number of carboxylic acids is 1. The van der Waals surface area contributed by atoms with Crippen molar-refractivity contribution in [2.24, 2.45) is 0 Å². The van der Waals surface area contributed by atoms with Crippen LogP contribution in [0, 0.1) is 6.92 Å². The lowest BCUT2D eigenvalue weighted by Crippen LogP contribution is -2.19. The molecule has 1 heterocycles. The quantitative estimate of drug-likeness (QED) is 0.895. The van der Waals surface area contributed by atoms with Gasteiger partial charge in [0.2, 0.25) is 0 Å². The molecule has 2 rings (SSSR count). The van der Waals surface area contributed by atoms with E-state index in [2.05, 4.69) is 5.10 Å². The van der Waals surface area contributed by atoms with Crippen LogP contribution in [0.2, 0.25) is 0 Å². The van der Waals surface area contributed by atoms with Gasteiger partial charge in [-0.2, -0.15) is 5.10 Å². The molecule has 1 unspecified atom stereocenters. The van der Waals surface area contributed by atoms with Crippen LogP contribution in [0.15, 0.2) is 36.5 Å². The van der Waals surface area contributed by atoms with Crippen molar-refractivity contribution in [3.05, 3.63) is 42.1 Å². The Morgan fingerprint density at radius 2 is 2.05 bits per heavy atom. The zero-order chi connectivity index (χ0) is 13.8. The third-order valence-corrected chi connectivity index (χ3v) is 3.13. The van der Waals surface area contributed by atoms with Crippen LogP contribution in [-0.4, -0.2) is 20.9 Å². The molecule has 0 aliphatic rings. The first-order valence-corrected chi connectivity index (χ1v) is 6.47. The summed E-state index contributed by atoms with van der Waals surface area (Å²) < 4.78 is 1.57. The van der Waals surface area contributed by atoms with E-state index >= 15 is 0 Å². The van der Waals surface area contributed by atoms with E-state index in [9.17, 15) is 9.90 Å². The molecule has 1 atom stereocenters. The second-order valence-corrected chi connectivity index (χ2v) is 4.65. The van der Waals surface area contributed by atoms with E-state index in [1.54, 1.807) is 4.68 Å². The molecule has 1 N–H and O–H groups in total. The van der Waals surface area contributed by atoms with E-state index in [-0.39, 0.29) is 0 Å². The van der Waals surface area contributed by atoms with Gasteiger partial charge in [0.1, 0.15) is 6.04 Å². The first kappa shape index (κ1) is 13.3. The predicted octanol–water partition coefficient (Wildman–Crippen LogP) is 3.28. The van der Waals surface area contributed by atoms with Gasteiger partial charge in [0.25, 0.3) is 0 Å². The number of carboxylic acid groups (broad SMARTS) is 1. The fourth-order valence-electron chi connectivity index (χ4n) is 2.17. The first-order chi connectivity index (χ1) is 9.13. The standard InChI is InChI=1S/C15H18N2O2/c1-3-7-13(15(18)19)17-10-11(2)14(16-17)12-8-5-4-6-9-12/h4-6,8-10,13H,3,7H2,1-2H3,(H,18,19). The SMILES string of the molecule is CCCC(C(=O)O)n1cc(C)c(-c2ccccc2)n1. The van der Waals surface area contributed by atoms with Gasteiger partial charge in [0.05, 0.1) is 5.69 Å². The number of aromatic nitrogens is 2. The summed E-state index contributed by atoms with van der Waals surface area (Å²) in [5.74, 6) is -0.830. The van der Waals surface area contributed by atoms with E-state index < -0.39 is 12.0 Å². The lowest BCUT2D eigenvalue weighted by molar-refractivity contribution is -0.141. The van der Waals surface area contributed by atoms with Gasteiger partial charge in [0, 0.05) is 11.8 Å². The Kier molecular flexibility index (Phi) is 4.00. The van der Waals surface area contributed by atoms with Crippen LogP contribution < -0.4 is 0 Å². The number of carbonyl (C=O) groups is 1. The van der Waals surface area contributed by atoms with E-state index in [1.807, 2.05) is 50.4 Å². The number of hydrogen-bond acceptors (Lipinski definition) is 2. The van der Waals surface area contributed by atoms with Crippen LogP contribution in [0.3, 0.4) is 0 Å². The van der Waals surface area contributed by atoms with Crippen LogP contribution in [0.25, 0.3) is 11.3 Å². The molecule has 19 heavy (non-hydrogen) atoms. The molecule has 0 amide bonds. The van der Waals surface area contributed by atoms with Crippen LogP contribution in [0.4, 0.5) is 0 Å². The monoisotopic (exact) mass is 258 g/mol. The summed E-state index contributed by atoms with van der Waals surface area (Å²) in [5, 5.41) is 13.7. The third kappa shape index (κ3) is 2.84. The van der Waals surface area contributed by atoms with Gasteiger partial charge < -0.3 is 5.11 Å². The van der Waals surface area contributed by atoms with E-state index in [1.165, 1.54) is 0 Å². The minimum atomic E-state index is -0.830. The number of aryl methyl sites for hydroxylation is 1. The summed E-state index contributed by atoms with van der Waals surface area (Å²) in [4.78, 5) is 11.3. The van der Waals surface area contributed by atoms with E-state index in [0.717, 1.165) is 23.2 Å². The Bertz CT molecular complexity index is 561. The molecule has 0 bridgehead atoms. The maximum absolute atomic E-state index is 11.3. The minimum Gasteiger partial charge on any atom is -0.480 e. The summed E-state index contributed by atoms with van der Waals surface area (Å²) in [6, 6.07) is 9.24. The smallest absolute Gasteiger partial charge is 0.328 e. The Morgan fingerprint density at radius 3 is 2.63 bits per heavy atom. The van der Waals surface area contributed by atoms with Crippen LogP contribution in [-0.2, 0) is 4.79 Å². The van der Waals surface area contributed by atoms with Crippen molar-refractivity contribution < 1.29 is 9.90 Å². The molecule has 1 aromatic heterocycles. The van der Waals surface area contributed by atoms with Crippen molar-refractivity contribution in [2.75, 3.05) is 0 Å². The highest BCUT2D eigenvalue weighted by molar-refractivity contribution is 5.72. The Morgan fingerprint density at radius 1 is 1.37 bits per heavy atom. The van der Waals surface area contributed by atoms with Crippen molar-refractivity contribution >= 4 is 5.97 Å². The molecule has 4 heteroatoms. The summed E-state index contributed by atoms with van der Waals surface area (Å²) >= 11 is 0. The summed E-state index contributed by atoms with van der Waals surface area (Å²) in [6.45, 7) is 3.93. The van der Waals surface area contributed by atoms with Gasteiger partial charge >= 0.3 is 5.97 Å². The summed E-state index contributed by atoms with van der Waals surface area (Å²) in [6.07, 6.45) is 3.22. The van der Waals surface area contributed by atoms with Gasteiger partial charge in [0.15, 0.2) is 0 Å². The van der Waals surface area contributed by atoms with Crippen LogP contribution in [0.5, 0.6) is 0 Å². The molecule has 0 fully saturated rings. The lowest BCUT2D eigenvalue weighted by atomic mass is 10.1. The molecule has 100 valence electrons. The van der Waals surface area contributed by atoms with Crippen molar-refractivity contribution in [1.82, 2.24) is 9.78 Å². The largest absolute Gasteiger partial charge is 0.480 e. The average Bonchev–Trinajstić information content (AvgIpc) is 2.78. The molecule has 0 spiro atoms. The van der Waals surface area contributed by atoms with Crippen LogP contribution >= 0.6 is 0 Å². The number of hydrogen-bond donors (Lipinski definition) is 1. The molecule has 4 nitrogen and oxygen atoms in total. The Balaban J connectivity index is 2.38. The average molecular weight is 258 g/mol. The zero-order valence-corrected chi connectivity index (χ0v) is 11.2. The number of aliphatic carboxylic acids is 1. The molecule has 0 aliphatic heterocycles. The van der Waals surface area contributed by atoms with Crippen molar-refractivity contribution in [3.63, 3.8) is 0 Å². The van der Waals surface area contributed by atoms with E-state index in [0.29, 0.717) is 6.42 Å². The second-order valence-electron chi connectivity index (χ2n) is 4.65. The molecule has 2 aromatic rings. The summed E-state index contributed by atoms with van der Waals surface area (Å²) in [5.41, 5.74) is 2.86. The van der Waals surface area contributed by atoms with Crippen molar-refractivity contribution in [2.45, 2.75) is 32.7 Å². The van der Waals surface area contributed by atoms with Gasteiger partial charge in [-0.1, -0.05) is 43.7 Å². The molecule has 0 radical (unpaired) electrons. The Hall–Kier alpha value is -2.10. The highest BCUT2D eigenvalue weighted by atomic mass is 16.4. The fraction of sp³-hybridized carbons (Fsp3) is 0.333. The van der Waals surface area contributed by atoms with Gasteiger partial charge in [-0.25, -0.2) is 4.79 Å². The zero-order valence-electron chi connectivity index (χ0n) is 11.2. The topological polar surface area (TPSA) is 55.1 Å². The molecular weight excluding hydrogens is 240 g/mol. The van der Waals surface area contributed by atoms with E-state index in [4.69, 9.17) is 0 Å². The maximum atomic E-state index is 11.3. The molecule has 0 aliphatic carbocycles. The van der Waals surface area contributed by atoms with Gasteiger partial charge in [-0.3, -0.25) is 4.68 Å². The number of rotatable bonds is 5. The maximum Gasteiger partial charge on any atom is 0.328 e. The normalized spacial score (nSPS) is 12.3. The molecule has 0 saturated carbocycles. The highest BCUT2D eigenvalue weighted by Gasteiger charge is 2.21. The van der Waals surface area contributed by atoms with Crippen molar-refractivity contribution in [1.29, 1.82) is 0 Å². The van der Waals surface area contributed by atoms with Crippen LogP contribution in [0.1, 0.15) is 31.4 Å². The molecular formula is C15H18N2O2. The number of benzene rings is 1. The first-order valence-electron chi connectivity index (χ1n) is 6.47. The fourth-order valence-corrected chi connectivity index (χ4v) is 2.17. The minimum absolute atomic E-state index is 0.582. The second kappa shape index (κ2) is 5.69. The predicted molar refractivity (Wildman–Crippen MR) is 74.0 cm³/mol. The Labute approximate surface area is 112 Å². The van der Waals surface area contributed by atoms with Gasteiger partial charge in [-0.15, -0.1) is 0 Å². The third-order valence-electron chi connectivity index (χ3n) is 3.13.